The molecule has 0 saturated carbocycles. The summed E-state index contributed by atoms with van der Waals surface area (Å²) in [6, 6.07) is 6.81. The molecule has 3 nitrogen and oxygen atoms in total. The Hall–Kier alpha value is -1.51. The molecule has 1 aromatic carbocycles. The fraction of sp³-hybridized carbons (Fsp3) is 0.533. The van der Waals surface area contributed by atoms with E-state index in [1.54, 1.807) is 0 Å². The zero-order valence-corrected chi connectivity index (χ0v) is 11.5. The zero-order valence-electron chi connectivity index (χ0n) is 11.5. The van der Waals surface area contributed by atoms with Gasteiger partial charge in [0.1, 0.15) is 5.84 Å². The fourth-order valence-electron chi connectivity index (χ4n) is 2.83. The number of amidine groups is 1. The number of nitrogens with two attached hydrogens (primary N) is 1. The monoisotopic (exact) mass is 245 g/mol. The van der Waals surface area contributed by atoms with E-state index in [0.29, 0.717) is 6.04 Å². The van der Waals surface area contributed by atoms with Gasteiger partial charge in [-0.15, -0.1) is 0 Å². The summed E-state index contributed by atoms with van der Waals surface area (Å²) in [6.45, 7) is 7.79. The Kier molecular flexibility index (Phi) is 3.60. The van der Waals surface area contributed by atoms with Gasteiger partial charge in [0.05, 0.1) is 0 Å². The first-order valence-electron chi connectivity index (χ1n) is 6.72. The van der Waals surface area contributed by atoms with Gasteiger partial charge in [-0.2, -0.15) is 0 Å². The summed E-state index contributed by atoms with van der Waals surface area (Å²) in [6.07, 6.45) is 2.58. The molecular formula is C15H23N3. The SMILES string of the molecule is Cc1cc(N2CCCC(C)C2C)ccc1C(=N)N. The summed E-state index contributed by atoms with van der Waals surface area (Å²) in [5, 5.41) is 7.53. The van der Waals surface area contributed by atoms with Crippen LogP contribution in [0.4, 0.5) is 5.69 Å². The Morgan fingerprint density at radius 3 is 2.72 bits per heavy atom. The minimum atomic E-state index is 0.152. The van der Waals surface area contributed by atoms with Crippen LogP contribution in [0.15, 0.2) is 18.2 Å². The van der Waals surface area contributed by atoms with E-state index in [2.05, 4.69) is 30.9 Å². The maximum absolute atomic E-state index is 7.53. The molecule has 0 bridgehead atoms. The minimum absolute atomic E-state index is 0.152. The van der Waals surface area contributed by atoms with Crippen LogP contribution in [0.25, 0.3) is 0 Å². The van der Waals surface area contributed by atoms with Gasteiger partial charge in [0, 0.05) is 23.8 Å². The van der Waals surface area contributed by atoms with Crippen molar-refractivity contribution in [2.45, 2.75) is 39.7 Å². The number of rotatable bonds is 2. The molecule has 0 radical (unpaired) electrons. The van der Waals surface area contributed by atoms with Crippen molar-refractivity contribution in [3.05, 3.63) is 29.3 Å². The van der Waals surface area contributed by atoms with Gasteiger partial charge >= 0.3 is 0 Å². The van der Waals surface area contributed by atoms with Gasteiger partial charge in [0.25, 0.3) is 0 Å². The second kappa shape index (κ2) is 5.01. The van der Waals surface area contributed by atoms with Gasteiger partial charge in [-0.1, -0.05) is 6.92 Å². The van der Waals surface area contributed by atoms with Crippen LogP contribution in [0.5, 0.6) is 0 Å². The molecule has 1 saturated heterocycles. The summed E-state index contributed by atoms with van der Waals surface area (Å²) in [5.41, 5.74) is 8.76. The molecule has 18 heavy (non-hydrogen) atoms. The van der Waals surface area contributed by atoms with Crippen molar-refractivity contribution in [1.29, 1.82) is 5.41 Å². The fourth-order valence-corrected chi connectivity index (χ4v) is 2.83. The lowest BCUT2D eigenvalue weighted by molar-refractivity contribution is 0.363. The van der Waals surface area contributed by atoms with E-state index in [1.807, 2.05) is 13.0 Å². The Balaban J connectivity index is 2.28. The number of aryl methyl sites for hydroxylation is 1. The number of anilines is 1. The second-order valence-electron chi connectivity index (χ2n) is 5.47. The Bertz CT molecular complexity index is 453. The Morgan fingerprint density at radius 2 is 2.11 bits per heavy atom. The number of nitrogens with one attached hydrogen (secondary N) is 1. The molecule has 3 N–H and O–H groups in total. The van der Waals surface area contributed by atoms with Gasteiger partial charge in [0.15, 0.2) is 0 Å². The average Bonchev–Trinajstić information content (AvgIpc) is 2.32. The van der Waals surface area contributed by atoms with Crippen LogP contribution < -0.4 is 10.6 Å². The highest BCUT2D eigenvalue weighted by Crippen LogP contribution is 2.29. The average molecular weight is 245 g/mol. The van der Waals surface area contributed by atoms with E-state index in [4.69, 9.17) is 11.1 Å². The van der Waals surface area contributed by atoms with Crippen molar-refractivity contribution in [2.24, 2.45) is 11.7 Å². The predicted octanol–water partition coefficient (Wildman–Crippen LogP) is 2.90. The molecule has 2 rings (SSSR count). The van der Waals surface area contributed by atoms with Crippen molar-refractivity contribution in [3.63, 3.8) is 0 Å². The summed E-state index contributed by atoms with van der Waals surface area (Å²) in [4.78, 5) is 2.48. The number of hydrogen-bond donors (Lipinski definition) is 2. The van der Waals surface area contributed by atoms with E-state index in [-0.39, 0.29) is 5.84 Å². The topological polar surface area (TPSA) is 53.1 Å². The first-order valence-corrected chi connectivity index (χ1v) is 6.72. The quantitative estimate of drug-likeness (QED) is 0.622. The second-order valence-corrected chi connectivity index (χ2v) is 5.47. The third kappa shape index (κ3) is 2.35. The lowest BCUT2D eigenvalue weighted by Crippen LogP contribution is -2.42. The van der Waals surface area contributed by atoms with Gasteiger partial charge in [-0.3, -0.25) is 5.41 Å². The Morgan fingerprint density at radius 1 is 1.39 bits per heavy atom. The molecule has 1 aromatic rings. The van der Waals surface area contributed by atoms with Gasteiger partial charge in [0.2, 0.25) is 0 Å². The van der Waals surface area contributed by atoms with Crippen LogP contribution in [-0.4, -0.2) is 18.4 Å². The molecule has 1 aliphatic heterocycles. The van der Waals surface area contributed by atoms with Crippen molar-refractivity contribution < 1.29 is 0 Å². The highest BCUT2D eigenvalue weighted by molar-refractivity contribution is 5.96. The third-order valence-electron chi connectivity index (χ3n) is 4.21. The summed E-state index contributed by atoms with van der Waals surface area (Å²) < 4.78 is 0. The van der Waals surface area contributed by atoms with Crippen LogP contribution in [0.1, 0.15) is 37.8 Å². The van der Waals surface area contributed by atoms with Gasteiger partial charge in [-0.05, 0) is 56.4 Å². The number of benzene rings is 1. The lowest BCUT2D eigenvalue weighted by atomic mass is 9.91. The van der Waals surface area contributed by atoms with Gasteiger partial charge in [-0.25, -0.2) is 0 Å². The third-order valence-corrected chi connectivity index (χ3v) is 4.21. The minimum Gasteiger partial charge on any atom is -0.384 e. The van der Waals surface area contributed by atoms with Crippen molar-refractivity contribution in [3.8, 4) is 0 Å². The molecule has 1 aliphatic rings. The van der Waals surface area contributed by atoms with E-state index < -0.39 is 0 Å². The molecule has 2 unspecified atom stereocenters. The number of hydrogen-bond acceptors (Lipinski definition) is 2. The molecule has 0 amide bonds. The van der Waals surface area contributed by atoms with E-state index in [1.165, 1.54) is 18.5 Å². The largest absolute Gasteiger partial charge is 0.384 e. The standard InChI is InChI=1S/C15H23N3/c1-10-5-4-8-18(12(10)3)13-6-7-14(15(16)17)11(2)9-13/h6-7,9-10,12H,4-5,8H2,1-3H3,(H3,16,17). The molecule has 1 heterocycles. The van der Waals surface area contributed by atoms with Crippen LogP contribution in [0.3, 0.4) is 0 Å². The van der Waals surface area contributed by atoms with Crippen LogP contribution >= 0.6 is 0 Å². The number of nitrogens with zero attached hydrogens (tertiary/aromatic N) is 1. The molecule has 0 aromatic heterocycles. The molecule has 98 valence electrons. The maximum atomic E-state index is 7.53. The maximum Gasteiger partial charge on any atom is 0.123 e. The highest BCUT2D eigenvalue weighted by atomic mass is 15.2. The van der Waals surface area contributed by atoms with E-state index in [9.17, 15) is 0 Å². The highest BCUT2D eigenvalue weighted by Gasteiger charge is 2.24. The Labute approximate surface area is 109 Å². The molecule has 3 heteroatoms. The number of nitrogen functional groups attached to an aromatic ring is 1. The van der Waals surface area contributed by atoms with Crippen LogP contribution in [-0.2, 0) is 0 Å². The lowest BCUT2D eigenvalue weighted by Gasteiger charge is -2.40. The summed E-state index contributed by atoms with van der Waals surface area (Å²) >= 11 is 0. The van der Waals surface area contributed by atoms with Gasteiger partial charge < -0.3 is 10.6 Å². The normalized spacial score (nSPS) is 24.1. The molecular weight excluding hydrogens is 222 g/mol. The van der Waals surface area contributed by atoms with E-state index >= 15 is 0 Å². The number of piperidine rings is 1. The van der Waals surface area contributed by atoms with Crippen LogP contribution in [0, 0.1) is 18.3 Å². The first kappa shape index (κ1) is 12.9. The smallest absolute Gasteiger partial charge is 0.123 e. The molecule has 0 aliphatic carbocycles. The van der Waals surface area contributed by atoms with Crippen molar-refractivity contribution in [1.82, 2.24) is 0 Å². The zero-order chi connectivity index (χ0) is 13.3. The molecule has 1 fully saturated rings. The van der Waals surface area contributed by atoms with Crippen molar-refractivity contribution in [2.75, 3.05) is 11.4 Å². The van der Waals surface area contributed by atoms with E-state index in [0.717, 1.165) is 23.6 Å². The first-order chi connectivity index (χ1) is 8.50. The van der Waals surface area contributed by atoms with Crippen molar-refractivity contribution >= 4 is 11.5 Å². The molecule has 0 spiro atoms. The summed E-state index contributed by atoms with van der Waals surface area (Å²) in [5.74, 6) is 0.894. The predicted molar refractivity (Wildman–Crippen MR) is 77.4 cm³/mol. The molecule has 2 atom stereocenters. The summed E-state index contributed by atoms with van der Waals surface area (Å²) in [7, 11) is 0. The van der Waals surface area contributed by atoms with Crippen LogP contribution in [0.2, 0.25) is 0 Å².